The molecule has 0 aliphatic carbocycles. The van der Waals surface area contributed by atoms with Gasteiger partial charge in [0.1, 0.15) is 17.0 Å². The second-order valence-electron chi connectivity index (χ2n) is 6.06. The zero-order chi connectivity index (χ0) is 21.3. The van der Waals surface area contributed by atoms with Crippen LogP contribution >= 0.6 is 11.5 Å². The molecule has 2 heterocycles. The van der Waals surface area contributed by atoms with Crippen LogP contribution in [0.25, 0.3) is 11.0 Å². The summed E-state index contributed by atoms with van der Waals surface area (Å²) in [5, 5.41) is 4.23. The Labute approximate surface area is 172 Å². The number of hydrogen-bond acceptors (Lipinski definition) is 9. The van der Waals surface area contributed by atoms with E-state index < -0.39 is 32.3 Å². The SMILES string of the molecule is Nc1noc2ccc(CCOc3cc(F)c(S(=O)(=O)Nc4ncns4)cc3F)cc12. The van der Waals surface area contributed by atoms with Crippen molar-refractivity contribution in [1.29, 1.82) is 0 Å². The first-order valence-corrected chi connectivity index (χ1v) is 10.6. The zero-order valence-corrected chi connectivity index (χ0v) is 16.6. The minimum atomic E-state index is -4.38. The number of aromatic nitrogens is 3. The Morgan fingerprint density at radius 3 is 2.80 bits per heavy atom. The lowest BCUT2D eigenvalue weighted by molar-refractivity contribution is 0.302. The molecule has 0 fully saturated rings. The van der Waals surface area contributed by atoms with Crippen molar-refractivity contribution in [2.24, 2.45) is 0 Å². The Morgan fingerprint density at radius 1 is 1.20 bits per heavy atom. The van der Waals surface area contributed by atoms with Crippen LogP contribution in [0.1, 0.15) is 5.56 Å². The lowest BCUT2D eigenvalue weighted by Crippen LogP contribution is -2.15. The largest absolute Gasteiger partial charge is 0.490 e. The number of sulfonamides is 1. The van der Waals surface area contributed by atoms with Gasteiger partial charge in [0.25, 0.3) is 10.0 Å². The molecule has 2 aromatic heterocycles. The average molecular weight is 453 g/mol. The van der Waals surface area contributed by atoms with E-state index in [9.17, 15) is 17.2 Å². The normalized spacial score (nSPS) is 11.7. The number of rotatable bonds is 7. The molecule has 156 valence electrons. The molecule has 0 saturated carbocycles. The fourth-order valence-electron chi connectivity index (χ4n) is 2.65. The zero-order valence-electron chi connectivity index (χ0n) is 15.0. The summed E-state index contributed by atoms with van der Waals surface area (Å²) in [7, 11) is -4.38. The highest BCUT2D eigenvalue weighted by Gasteiger charge is 2.23. The Morgan fingerprint density at radius 2 is 2.03 bits per heavy atom. The summed E-state index contributed by atoms with van der Waals surface area (Å²) in [5.74, 6) is -2.34. The van der Waals surface area contributed by atoms with Crippen LogP contribution in [0.5, 0.6) is 5.75 Å². The fraction of sp³-hybridized carbons (Fsp3) is 0.118. The molecule has 4 rings (SSSR count). The Balaban J connectivity index is 1.47. The molecule has 0 unspecified atom stereocenters. The van der Waals surface area contributed by atoms with Crippen molar-refractivity contribution in [3.05, 3.63) is 53.9 Å². The monoisotopic (exact) mass is 453 g/mol. The minimum Gasteiger partial charge on any atom is -0.490 e. The van der Waals surface area contributed by atoms with Crippen LogP contribution in [0.3, 0.4) is 0 Å². The van der Waals surface area contributed by atoms with E-state index in [0.29, 0.717) is 29.5 Å². The van der Waals surface area contributed by atoms with Crippen molar-refractivity contribution in [2.45, 2.75) is 11.3 Å². The number of ether oxygens (including phenoxy) is 1. The van der Waals surface area contributed by atoms with Gasteiger partial charge in [-0.1, -0.05) is 11.2 Å². The summed E-state index contributed by atoms with van der Waals surface area (Å²) in [6, 6.07) is 6.46. The molecule has 0 aliphatic heterocycles. The number of nitrogen functional groups attached to an aromatic ring is 1. The first-order chi connectivity index (χ1) is 14.3. The van der Waals surface area contributed by atoms with Gasteiger partial charge in [-0.3, -0.25) is 4.72 Å². The molecule has 0 amide bonds. The molecule has 9 nitrogen and oxygen atoms in total. The molecule has 30 heavy (non-hydrogen) atoms. The van der Waals surface area contributed by atoms with Crippen molar-refractivity contribution >= 4 is 43.5 Å². The number of nitrogens with zero attached hydrogens (tertiary/aromatic N) is 3. The van der Waals surface area contributed by atoms with E-state index >= 15 is 0 Å². The van der Waals surface area contributed by atoms with Gasteiger partial charge in [-0.25, -0.2) is 22.2 Å². The maximum Gasteiger partial charge on any atom is 0.266 e. The van der Waals surface area contributed by atoms with E-state index in [-0.39, 0.29) is 17.6 Å². The number of halogens is 2. The second kappa shape index (κ2) is 7.84. The topological polar surface area (TPSA) is 133 Å². The smallest absolute Gasteiger partial charge is 0.266 e. The number of nitrogens with two attached hydrogens (primary N) is 1. The number of fused-ring (bicyclic) bond motifs is 1. The van der Waals surface area contributed by atoms with Crippen molar-refractivity contribution < 1.29 is 26.5 Å². The highest BCUT2D eigenvalue weighted by atomic mass is 32.2. The minimum absolute atomic E-state index is 0.0161. The van der Waals surface area contributed by atoms with Gasteiger partial charge in [0.05, 0.1) is 12.0 Å². The molecule has 0 aliphatic rings. The van der Waals surface area contributed by atoms with Gasteiger partial charge in [0.2, 0.25) is 5.13 Å². The molecular weight excluding hydrogens is 440 g/mol. The molecule has 13 heteroatoms. The van der Waals surface area contributed by atoms with Gasteiger partial charge in [-0.05, 0) is 17.7 Å². The molecular formula is C17H13F2N5O4S2. The summed E-state index contributed by atoms with van der Waals surface area (Å²) in [6.07, 6.45) is 1.49. The van der Waals surface area contributed by atoms with Crippen molar-refractivity contribution in [3.63, 3.8) is 0 Å². The summed E-state index contributed by atoms with van der Waals surface area (Å²) < 4.78 is 69.2. The summed E-state index contributed by atoms with van der Waals surface area (Å²) in [6.45, 7) is 0.0161. The van der Waals surface area contributed by atoms with Crippen LogP contribution in [-0.2, 0) is 16.4 Å². The van der Waals surface area contributed by atoms with Gasteiger partial charge in [0, 0.05) is 30.1 Å². The number of hydrogen-bond donors (Lipinski definition) is 2. The molecule has 4 aromatic rings. The first-order valence-electron chi connectivity index (χ1n) is 8.38. The summed E-state index contributed by atoms with van der Waals surface area (Å²) >= 11 is 0.759. The predicted molar refractivity (Wildman–Crippen MR) is 105 cm³/mol. The van der Waals surface area contributed by atoms with Gasteiger partial charge < -0.3 is 15.0 Å². The number of benzene rings is 2. The molecule has 0 bridgehead atoms. The summed E-state index contributed by atoms with van der Waals surface area (Å²) in [5.41, 5.74) is 7.05. The molecule has 0 spiro atoms. The molecule has 0 atom stereocenters. The average Bonchev–Trinajstić information content (AvgIpc) is 3.33. The summed E-state index contributed by atoms with van der Waals surface area (Å²) in [4.78, 5) is 2.78. The van der Waals surface area contributed by atoms with E-state index in [1.54, 1.807) is 18.2 Å². The Hall–Kier alpha value is -3.32. The van der Waals surface area contributed by atoms with Crippen molar-refractivity contribution in [2.75, 3.05) is 17.1 Å². The standard InChI is InChI=1S/C17H13F2N5O4S2/c18-11-7-15(30(25,26)24-17-21-8-22-29-17)12(19)6-14(11)27-4-3-9-1-2-13-10(5-9)16(20)23-28-13/h1-2,5-8H,3-4H2,(H2,20,23)(H,21,22,24). The van der Waals surface area contributed by atoms with E-state index in [1.807, 2.05) is 4.72 Å². The van der Waals surface area contributed by atoms with Crippen LogP contribution in [0.15, 0.2) is 46.1 Å². The van der Waals surface area contributed by atoms with Crippen molar-refractivity contribution in [3.8, 4) is 5.75 Å². The van der Waals surface area contributed by atoms with Gasteiger partial charge in [-0.15, -0.1) is 0 Å². The van der Waals surface area contributed by atoms with Crippen molar-refractivity contribution in [1.82, 2.24) is 14.5 Å². The van der Waals surface area contributed by atoms with E-state index in [2.05, 4.69) is 14.5 Å². The number of nitrogens with one attached hydrogen (secondary N) is 1. The fourth-order valence-corrected chi connectivity index (χ4v) is 4.39. The van der Waals surface area contributed by atoms with Crippen LogP contribution in [0, 0.1) is 11.6 Å². The maximum atomic E-state index is 14.4. The van der Waals surface area contributed by atoms with E-state index in [4.69, 9.17) is 15.0 Å². The third kappa shape index (κ3) is 4.02. The number of anilines is 2. The highest BCUT2D eigenvalue weighted by Crippen LogP contribution is 2.27. The Bertz CT molecular complexity index is 1310. The van der Waals surface area contributed by atoms with Crippen LogP contribution in [-0.4, -0.2) is 29.5 Å². The molecule has 0 saturated heterocycles. The van der Waals surface area contributed by atoms with E-state index in [1.165, 1.54) is 0 Å². The van der Waals surface area contributed by atoms with E-state index in [0.717, 1.165) is 23.4 Å². The second-order valence-corrected chi connectivity index (χ2v) is 8.49. The first kappa shape index (κ1) is 20.0. The molecule has 2 aromatic carbocycles. The van der Waals surface area contributed by atoms with Gasteiger partial charge in [0.15, 0.2) is 23.0 Å². The third-order valence-corrected chi connectivity index (χ3v) is 6.13. The maximum absolute atomic E-state index is 14.4. The predicted octanol–water partition coefficient (Wildman–Crippen LogP) is 2.96. The quantitative estimate of drug-likeness (QED) is 0.436. The third-order valence-electron chi connectivity index (χ3n) is 4.07. The Kier molecular flexibility index (Phi) is 5.22. The van der Waals surface area contributed by atoms with Crippen LogP contribution in [0.4, 0.5) is 19.7 Å². The highest BCUT2D eigenvalue weighted by molar-refractivity contribution is 7.93. The lowest BCUT2D eigenvalue weighted by Gasteiger charge is -2.11. The molecule has 3 N–H and O–H groups in total. The van der Waals surface area contributed by atoms with Crippen LogP contribution < -0.4 is 15.2 Å². The lowest BCUT2D eigenvalue weighted by atomic mass is 10.1. The molecule has 0 radical (unpaired) electrons. The van der Waals surface area contributed by atoms with Gasteiger partial charge in [-0.2, -0.15) is 4.37 Å². The van der Waals surface area contributed by atoms with Gasteiger partial charge >= 0.3 is 0 Å². The van der Waals surface area contributed by atoms with Crippen LogP contribution in [0.2, 0.25) is 0 Å².